The van der Waals surface area contributed by atoms with Crippen molar-refractivity contribution in [2.45, 2.75) is 12.8 Å². The first kappa shape index (κ1) is 13.8. The summed E-state index contributed by atoms with van der Waals surface area (Å²) in [6, 6.07) is 13.6. The summed E-state index contributed by atoms with van der Waals surface area (Å²) in [6.45, 7) is 0. The zero-order chi connectivity index (χ0) is 13.7. The zero-order valence-electron chi connectivity index (χ0n) is 10.4. The third-order valence-electron chi connectivity index (χ3n) is 2.93. The molecule has 2 rings (SSSR count). The zero-order valence-corrected chi connectivity index (χ0v) is 11.2. The monoisotopic (exact) mass is 276 g/mol. The first-order valence-electron chi connectivity index (χ1n) is 6.16. The molecule has 0 saturated heterocycles. The van der Waals surface area contributed by atoms with Crippen molar-refractivity contribution in [2.24, 2.45) is 0 Å². The summed E-state index contributed by atoms with van der Waals surface area (Å²) < 4.78 is 13.6. The van der Waals surface area contributed by atoms with E-state index in [4.69, 9.17) is 11.6 Å². The lowest BCUT2D eigenvalue weighted by molar-refractivity contribution is 0.0982. The van der Waals surface area contributed by atoms with E-state index in [1.165, 1.54) is 6.07 Å². The summed E-state index contributed by atoms with van der Waals surface area (Å²) in [5.41, 5.74) is 1.96. The second-order valence-electron chi connectivity index (χ2n) is 4.27. The van der Waals surface area contributed by atoms with Crippen LogP contribution in [0, 0.1) is 5.82 Å². The summed E-state index contributed by atoms with van der Waals surface area (Å²) in [5, 5.41) is 0. The Morgan fingerprint density at radius 3 is 2.37 bits per heavy atom. The van der Waals surface area contributed by atoms with Gasteiger partial charge in [0.25, 0.3) is 0 Å². The smallest absolute Gasteiger partial charge is 0.162 e. The molecule has 98 valence electrons. The number of hydrogen-bond donors (Lipinski definition) is 0. The van der Waals surface area contributed by atoms with Crippen LogP contribution in [-0.4, -0.2) is 11.7 Å². The van der Waals surface area contributed by atoms with E-state index in [0.29, 0.717) is 29.8 Å². The van der Waals surface area contributed by atoms with Crippen LogP contribution in [0.1, 0.15) is 23.2 Å². The van der Waals surface area contributed by atoms with E-state index in [1.807, 2.05) is 0 Å². The SMILES string of the molecule is O=C(CCCCl)c1ccc(-c2ccccc2F)cc1. The van der Waals surface area contributed by atoms with Crippen molar-refractivity contribution in [3.05, 3.63) is 59.9 Å². The molecule has 0 atom stereocenters. The van der Waals surface area contributed by atoms with Crippen molar-refractivity contribution in [3.8, 4) is 11.1 Å². The normalized spacial score (nSPS) is 10.4. The molecular weight excluding hydrogens is 263 g/mol. The van der Waals surface area contributed by atoms with Crippen molar-refractivity contribution in [2.75, 3.05) is 5.88 Å². The minimum atomic E-state index is -0.260. The molecule has 2 aromatic carbocycles. The lowest BCUT2D eigenvalue weighted by Gasteiger charge is -2.05. The van der Waals surface area contributed by atoms with Crippen LogP contribution in [0.4, 0.5) is 4.39 Å². The van der Waals surface area contributed by atoms with Crippen LogP contribution in [0.25, 0.3) is 11.1 Å². The van der Waals surface area contributed by atoms with Gasteiger partial charge < -0.3 is 0 Å². The number of carbonyl (C=O) groups excluding carboxylic acids is 1. The van der Waals surface area contributed by atoms with Crippen LogP contribution in [0.5, 0.6) is 0 Å². The number of Topliss-reactive ketones (excluding diaryl/α,β-unsaturated/α-hetero) is 1. The molecule has 0 aliphatic rings. The van der Waals surface area contributed by atoms with Gasteiger partial charge >= 0.3 is 0 Å². The van der Waals surface area contributed by atoms with Crippen molar-refractivity contribution in [3.63, 3.8) is 0 Å². The Morgan fingerprint density at radius 1 is 1.05 bits per heavy atom. The molecule has 0 spiro atoms. The molecule has 0 aliphatic carbocycles. The van der Waals surface area contributed by atoms with Crippen LogP contribution in [0.15, 0.2) is 48.5 Å². The molecule has 1 nitrogen and oxygen atoms in total. The molecule has 0 aliphatic heterocycles. The molecule has 0 radical (unpaired) electrons. The Labute approximate surface area is 117 Å². The summed E-state index contributed by atoms with van der Waals surface area (Å²) in [6.07, 6.45) is 1.12. The maximum atomic E-state index is 13.6. The fraction of sp³-hybridized carbons (Fsp3) is 0.188. The highest BCUT2D eigenvalue weighted by Crippen LogP contribution is 2.23. The third-order valence-corrected chi connectivity index (χ3v) is 3.20. The van der Waals surface area contributed by atoms with Gasteiger partial charge in [-0.2, -0.15) is 0 Å². The highest BCUT2D eigenvalue weighted by molar-refractivity contribution is 6.18. The van der Waals surface area contributed by atoms with E-state index in [1.54, 1.807) is 42.5 Å². The number of ketones is 1. The molecule has 0 fully saturated rings. The molecule has 19 heavy (non-hydrogen) atoms. The van der Waals surface area contributed by atoms with E-state index in [2.05, 4.69) is 0 Å². The number of rotatable bonds is 5. The molecular formula is C16H14ClFO. The Morgan fingerprint density at radius 2 is 1.74 bits per heavy atom. The predicted molar refractivity (Wildman–Crippen MR) is 76.1 cm³/mol. The van der Waals surface area contributed by atoms with Crippen LogP contribution >= 0.6 is 11.6 Å². The van der Waals surface area contributed by atoms with Crippen molar-refractivity contribution in [1.82, 2.24) is 0 Å². The van der Waals surface area contributed by atoms with E-state index < -0.39 is 0 Å². The summed E-state index contributed by atoms with van der Waals surface area (Å²) in [4.78, 5) is 11.8. The number of carbonyl (C=O) groups is 1. The average Bonchev–Trinajstić information content (AvgIpc) is 2.45. The summed E-state index contributed by atoms with van der Waals surface area (Å²) in [7, 11) is 0. The predicted octanol–water partition coefficient (Wildman–Crippen LogP) is 4.69. The maximum Gasteiger partial charge on any atom is 0.162 e. The Kier molecular flexibility index (Phi) is 4.69. The molecule has 2 aromatic rings. The van der Waals surface area contributed by atoms with Gasteiger partial charge in [0.2, 0.25) is 0 Å². The van der Waals surface area contributed by atoms with Crippen LogP contribution in [0.3, 0.4) is 0 Å². The van der Waals surface area contributed by atoms with Gasteiger partial charge in [-0.1, -0.05) is 42.5 Å². The molecule has 0 N–H and O–H groups in total. The topological polar surface area (TPSA) is 17.1 Å². The van der Waals surface area contributed by atoms with Gasteiger partial charge in [0.1, 0.15) is 5.82 Å². The standard InChI is InChI=1S/C16H14ClFO/c17-11-3-6-16(19)13-9-7-12(8-10-13)14-4-1-2-5-15(14)18/h1-2,4-5,7-10H,3,6,11H2. The third kappa shape index (κ3) is 3.42. The highest BCUT2D eigenvalue weighted by Gasteiger charge is 2.07. The first-order valence-corrected chi connectivity index (χ1v) is 6.70. The van der Waals surface area contributed by atoms with Crippen molar-refractivity contribution >= 4 is 17.4 Å². The lowest BCUT2D eigenvalue weighted by Crippen LogP contribution is -1.99. The quantitative estimate of drug-likeness (QED) is 0.572. The van der Waals surface area contributed by atoms with E-state index in [0.717, 1.165) is 5.56 Å². The van der Waals surface area contributed by atoms with Crippen molar-refractivity contribution < 1.29 is 9.18 Å². The number of benzene rings is 2. The molecule has 0 amide bonds. The largest absolute Gasteiger partial charge is 0.294 e. The Bertz CT molecular complexity index is 563. The fourth-order valence-electron chi connectivity index (χ4n) is 1.90. The number of alkyl halides is 1. The highest BCUT2D eigenvalue weighted by atomic mass is 35.5. The van der Waals surface area contributed by atoms with Crippen molar-refractivity contribution in [1.29, 1.82) is 0 Å². The molecule has 0 bridgehead atoms. The molecule has 0 aromatic heterocycles. The molecule has 0 unspecified atom stereocenters. The second-order valence-corrected chi connectivity index (χ2v) is 4.65. The minimum absolute atomic E-state index is 0.0701. The number of halogens is 2. The van der Waals surface area contributed by atoms with Crippen LogP contribution in [-0.2, 0) is 0 Å². The first-order chi connectivity index (χ1) is 9.22. The fourth-order valence-corrected chi connectivity index (χ4v) is 2.04. The minimum Gasteiger partial charge on any atom is -0.294 e. The van der Waals surface area contributed by atoms with E-state index >= 15 is 0 Å². The van der Waals surface area contributed by atoms with Gasteiger partial charge in [-0.05, 0) is 18.1 Å². The van der Waals surface area contributed by atoms with Gasteiger partial charge in [0.05, 0.1) is 0 Å². The Hall–Kier alpha value is -1.67. The molecule has 3 heteroatoms. The van der Waals surface area contributed by atoms with Crippen LogP contribution in [0.2, 0.25) is 0 Å². The average molecular weight is 277 g/mol. The second kappa shape index (κ2) is 6.48. The van der Waals surface area contributed by atoms with Gasteiger partial charge in [0, 0.05) is 23.4 Å². The molecule has 0 heterocycles. The lowest BCUT2D eigenvalue weighted by atomic mass is 10.0. The van der Waals surface area contributed by atoms with Gasteiger partial charge in [-0.15, -0.1) is 11.6 Å². The summed E-state index contributed by atoms with van der Waals surface area (Å²) in [5.74, 6) is 0.295. The maximum absolute atomic E-state index is 13.6. The van der Waals surface area contributed by atoms with Crippen LogP contribution < -0.4 is 0 Å². The summed E-state index contributed by atoms with van der Waals surface area (Å²) >= 11 is 5.56. The van der Waals surface area contributed by atoms with E-state index in [-0.39, 0.29) is 11.6 Å². The van der Waals surface area contributed by atoms with Gasteiger partial charge in [-0.3, -0.25) is 4.79 Å². The number of hydrogen-bond acceptors (Lipinski definition) is 1. The molecule has 0 saturated carbocycles. The van der Waals surface area contributed by atoms with E-state index in [9.17, 15) is 9.18 Å². The Balaban J connectivity index is 2.19. The van der Waals surface area contributed by atoms with Gasteiger partial charge in [0.15, 0.2) is 5.78 Å². The van der Waals surface area contributed by atoms with Gasteiger partial charge in [-0.25, -0.2) is 4.39 Å².